The van der Waals surface area contributed by atoms with E-state index in [0.29, 0.717) is 18.6 Å². The Morgan fingerprint density at radius 1 is 1.50 bits per heavy atom. The zero-order valence-corrected chi connectivity index (χ0v) is 10.9. The molecule has 3 nitrogen and oxygen atoms in total. The molecule has 1 aliphatic heterocycles. The van der Waals surface area contributed by atoms with Crippen LogP contribution in [0.25, 0.3) is 0 Å². The third-order valence-electron chi connectivity index (χ3n) is 3.35. The van der Waals surface area contributed by atoms with Crippen LogP contribution in [0.1, 0.15) is 39.5 Å². The molecule has 0 aromatic heterocycles. The van der Waals surface area contributed by atoms with Crippen LogP contribution < -0.4 is 5.32 Å². The smallest absolute Gasteiger partial charge is 0.0468 e. The fourth-order valence-corrected chi connectivity index (χ4v) is 2.36. The van der Waals surface area contributed by atoms with E-state index in [1.54, 1.807) is 0 Å². The molecule has 1 heterocycles. The molecular formula is C13H28N2O. The monoisotopic (exact) mass is 228 g/mol. The Balaban J connectivity index is 2.29. The largest absolute Gasteiger partial charge is 0.396 e. The third-order valence-corrected chi connectivity index (χ3v) is 3.35. The predicted molar refractivity (Wildman–Crippen MR) is 68.6 cm³/mol. The quantitative estimate of drug-likeness (QED) is 0.660. The van der Waals surface area contributed by atoms with Crippen LogP contribution in [0.4, 0.5) is 0 Å². The van der Waals surface area contributed by atoms with Crippen LogP contribution in [-0.4, -0.2) is 48.8 Å². The SMILES string of the molecule is CCCCN(CC(C)CO)CC1CCCN1. The zero-order chi connectivity index (χ0) is 11.8. The summed E-state index contributed by atoms with van der Waals surface area (Å²) in [7, 11) is 0. The van der Waals surface area contributed by atoms with E-state index in [9.17, 15) is 0 Å². The van der Waals surface area contributed by atoms with Gasteiger partial charge in [0.2, 0.25) is 0 Å². The van der Waals surface area contributed by atoms with E-state index >= 15 is 0 Å². The summed E-state index contributed by atoms with van der Waals surface area (Å²) < 4.78 is 0. The summed E-state index contributed by atoms with van der Waals surface area (Å²) in [6.07, 6.45) is 5.16. The fraction of sp³-hybridized carbons (Fsp3) is 1.00. The first-order valence-electron chi connectivity index (χ1n) is 6.82. The van der Waals surface area contributed by atoms with E-state index in [4.69, 9.17) is 5.11 Å². The summed E-state index contributed by atoms with van der Waals surface area (Å²) in [6.45, 7) is 9.23. The van der Waals surface area contributed by atoms with Gasteiger partial charge < -0.3 is 15.3 Å². The van der Waals surface area contributed by atoms with Crippen LogP contribution in [0.2, 0.25) is 0 Å². The Morgan fingerprint density at radius 3 is 2.88 bits per heavy atom. The van der Waals surface area contributed by atoms with E-state index < -0.39 is 0 Å². The number of rotatable bonds is 8. The minimum absolute atomic E-state index is 0.306. The van der Waals surface area contributed by atoms with Gasteiger partial charge in [0, 0.05) is 25.7 Å². The second kappa shape index (κ2) is 8.04. The lowest BCUT2D eigenvalue weighted by atomic mass is 10.1. The summed E-state index contributed by atoms with van der Waals surface area (Å²) in [6, 6.07) is 0.683. The van der Waals surface area contributed by atoms with Gasteiger partial charge in [0.05, 0.1) is 0 Å². The second-order valence-corrected chi connectivity index (χ2v) is 5.19. The van der Waals surface area contributed by atoms with Crippen molar-refractivity contribution in [1.82, 2.24) is 10.2 Å². The maximum atomic E-state index is 9.13. The second-order valence-electron chi connectivity index (χ2n) is 5.19. The van der Waals surface area contributed by atoms with Gasteiger partial charge in [-0.15, -0.1) is 0 Å². The van der Waals surface area contributed by atoms with Gasteiger partial charge in [-0.25, -0.2) is 0 Å². The van der Waals surface area contributed by atoms with Crippen molar-refractivity contribution >= 4 is 0 Å². The van der Waals surface area contributed by atoms with Crippen molar-refractivity contribution in [3.05, 3.63) is 0 Å². The standard InChI is InChI=1S/C13H28N2O/c1-3-4-8-15(9-12(2)11-16)10-13-6-5-7-14-13/h12-14,16H,3-11H2,1-2H3. The van der Waals surface area contributed by atoms with Gasteiger partial charge >= 0.3 is 0 Å². The number of aliphatic hydroxyl groups excluding tert-OH is 1. The van der Waals surface area contributed by atoms with E-state index in [1.165, 1.54) is 38.8 Å². The van der Waals surface area contributed by atoms with Crippen molar-refractivity contribution < 1.29 is 5.11 Å². The summed E-state index contributed by atoms with van der Waals surface area (Å²) in [4.78, 5) is 2.52. The summed E-state index contributed by atoms with van der Waals surface area (Å²) in [5, 5.41) is 12.7. The molecule has 96 valence electrons. The Hall–Kier alpha value is -0.120. The van der Waals surface area contributed by atoms with Gasteiger partial charge in [-0.05, 0) is 38.3 Å². The Kier molecular flexibility index (Phi) is 7.01. The number of nitrogens with zero attached hydrogens (tertiary/aromatic N) is 1. The molecule has 1 aliphatic rings. The molecule has 0 bridgehead atoms. The van der Waals surface area contributed by atoms with Crippen molar-refractivity contribution in [3.8, 4) is 0 Å². The molecule has 1 rings (SSSR count). The van der Waals surface area contributed by atoms with E-state index in [1.807, 2.05) is 0 Å². The molecule has 0 radical (unpaired) electrons. The first-order chi connectivity index (χ1) is 7.76. The average Bonchev–Trinajstić information content (AvgIpc) is 2.78. The molecular weight excluding hydrogens is 200 g/mol. The van der Waals surface area contributed by atoms with Gasteiger partial charge in [-0.2, -0.15) is 0 Å². The number of hydrogen-bond donors (Lipinski definition) is 2. The highest BCUT2D eigenvalue weighted by Crippen LogP contribution is 2.09. The van der Waals surface area contributed by atoms with Crippen molar-refractivity contribution in [2.45, 2.75) is 45.6 Å². The molecule has 0 aromatic carbocycles. The number of aliphatic hydroxyl groups is 1. The summed E-state index contributed by atoms with van der Waals surface area (Å²) in [5.74, 6) is 0.401. The molecule has 3 heteroatoms. The number of hydrogen-bond acceptors (Lipinski definition) is 3. The molecule has 0 spiro atoms. The maximum absolute atomic E-state index is 9.13. The normalized spacial score (nSPS) is 22.9. The summed E-state index contributed by atoms with van der Waals surface area (Å²) >= 11 is 0. The van der Waals surface area contributed by atoms with Gasteiger partial charge in [0.25, 0.3) is 0 Å². The number of nitrogens with one attached hydrogen (secondary N) is 1. The lowest BCUT2D eigenvalue weighted by molar-refractivity contribution is 0.163. The molecule has 0 saturated carbocycles. The van der Waals surface area contributed by atoms with Gasteiger partial charge in [0.15, 0.2) is 0 Å². The van der Waals surface area contributed by atoms with Crippen molar-refractivity contribution in [2.75, 3.05) is 32.8 Å². The lowest BCUT2D eigenvalue weighted by Crippen LogP contribution is -2.40. The van der Waals surface area contributed by atoms with E-state index in [0.717, 1.165) is 13.1 Å². The number of unbranched alkanes of at least 4 members (excludes halogenated alkanes) is 1. The third kappa shape index (κ3) is 5.28. The predicted octanol–water partition coefficient (Wildman–Crippen LogP) is 1.47. The maximum Gasteiger partial charge on any atom is 0.0468 e. The van der Waals surface area contributed by atoms with Crippen LogP contribution in [0.3, 0.4) is 0 Å². The summed E-state index contributed by atoms with van der Waals surface area (Å²) in [5.41, 5.74) is 0. The molecule has 0 aromatic rings. The Bertz CT molecular complexity index is 169. The van der Waals surface area contributed by atoms with Crippen LogP contribution in [0.15, 0.2) is 0 Å². The van der Waals surface area contributed by atoms with Crippen molar-refractivity contribution in [3.63, 3.8) is 0 Å². The first kappa shape index (κ1) is 13.9. The topological polar surface area (TPSA) is 35.5 Å². The highest BCUT2D eigenvalue weighted by Gasteiger charge is 2.18. The molecule has 2 unspecified atom stereocenters. The minimum atomic E-state index is 0.306. The highest BCUT2D eigenvalue weighted by atomic mass is 16.3. The molecule has 0 amide bonds. The molecule has 1 saturated heterocycles. The van der Waals surface area contributed by atoms with Crippen LogP contribution in [0, 0.1) is 5.92 Å². The van der Waals surface area contributed by atoms with Crippen molar-refractivity contribution in [1.29, 1.82) is 0 Å². The van der Waals surface area contributed by atoms with Crippen LogP contribution in [0.5, 0.6) is 0 Å². The Morgan fingerprint density at radius 2 is 2.31 bits per heavy atom. The van der Waals surface area contributed by atoms with Crippen molar-refractivity contribution in [2.24, 2.45) is 5.92 Å². The van der Waals surface area contributed by atoms with Gasteiger partial charge in [-0.1, -0.05) is 20.3 Å². The van der Waals surface area contributed by atoms with Crippen LogP contribution in [-0.2, 0) is 0 Å². The minimum Gasteiger partial charge on any atom is -0.396 e. The van der Waals surface area contributed by atoms with E-state index in [-0.39, 0.29) is 0 Å². The van der Waals surface area contributed by atoms with Crippen LogP contribution >= 0.6 is 0 Å². The average molecular weight is 228 g/mol. The molecule has 16 heavy (non-hydrogen) atoms. The highest BCUT2D eigenvalue weighted by molar-refractivity contribution is 4.78. The molecule has 0 aliphatic carbocycles. The molecule has 2 N–H and O–H groups in total. The first-order valence-corrected chi connectivity index (χ1v) is 6.82. The van der Waals surface area contributed by atoms with Gasteiger partial charge in [0.1, 0.15) is 0 Å². The molecule has 1 fully saturated rings. The van der Waals surface area contributed by atoms with Gasteiger partial charge in [-0.3, -0.25) is 0 Å². The van der Waals surface area contributed by atoms with E-state index in [2.05, 4.69) is 24.1 Å². The zero-order valence-electron chi connectivity index (χ0n) is 10.9. The fourth-order valence-electron chi connectivity index (χ4n) is 2.36. The molecule has 2 atom stereocenters. The lowest BCUT2D eigenvalue weighted by Gasteiger charge is -2.27. The Labute approximate surface area is 100 Å².